The lowest BCUT2D eigenvalue weighted by Crippen LogP contribution is -2.39. The van der Waals surface area contributed by atoms with Crippen molar-refractivity contribution in [1.82, 2.24) is 15.5 Å². The van der Waals surface area contributed by atoms with E-state index >= 15 is 0 Å². The van der Waals surface area contributed by atoms with Crippen molar-refractivity contribution >= 4 is 41.5 Å². The summed E-state index contributed by atoms with van der Waals surface area (Å²) >= 11 is 5.90. The van der Waals surface area contributed by atoms with Crippen LogP contribution in [0.2, 0.25) is 5.02 Å². The number of morpholine rings is 1. The number of halogens is 2. The molecule has 1 aliphatic rings. The molecule has 8 heteroatoms. The molecular formula is C20H34ClIN4O2. The van der Waals surface area contributed by atoms with Crippen LogP contribution in [-0.2, 0) is 4.74 Å². The molecule has 1 unspecified atom stereocenters. The van der Waals surface area contributed by atoms with Crippen molar-refractivity contribution in [1.29, 1.82) is 0 Å². The van der Waals surface area contributed by atoms with Crippen molar-refractivity contribution in [2.75, 3.05) is 52.5 Å². The lowest BCUT2D eigenvalue weighted by Gasteiger charge is -2.26. The van der Waals surface area contributed by atoms with Crippen LogP contribution in [0.1, 0.15) is 26.7 Å². The molecule has 0 radical (unpaired) electrons. The first-order chi connectivity index (χ1) is 13.2. The Balaban J connectivity index is 0.00000392. The molecule has 1 aromatic carbocycles. The number of benzene rings is 1. The summed E-state index contributed by atoms with van der Waals surface area (Å²) in [4.78, 5) is 7.10. The second-order valence-electron chi connectivity index (χ2n) is 6.69. The lowest BCUT2D eigenvalue weighted by molar-refractivity contribution is 0.0372. The van der Waals surface area contributed by atoms with Crippen LogP contribution in [0.5, 0.6) is 5.75 Å². The highest BCUT2D eigenvalue weighted by Crippen LogP contribution is 2.16. The zero-order valence-corrected chi connectivity index (χ0v) is 20.0. The fourth-order valence-corrected chi connectivity index (χ4v) is 2.96. The van der Waals surface area contributed by atoms with E-state index in [1.807, 2.05) is 31.2 Å². The van der Waals surface area contributed by atoms with Crippen LogP contribution in [0.4, 0.5) is 0 Å². The highest BCUT2D eigenvalue weighted by Gasteiger charge is 2.09. The van der Waals surface area contributed by atoms with E-state index in [4.69, 9.17) is 21.1 Å². The van der Waals surface area contributed by atoms with E-state index in [-0.39, 0.29) is 30.1 Å². The molecule has 0 saturated carbocycles. The van der Waals surface area contributed by atoms with Gasteiger partial charge in [0.15, 0.2) is 5.96 Å². The molecule has 1 aromatic rings. The number of nitrogens with zero attached hydrogens (tertiary/aromatic N) is 2. The van der Waals surface area contributed by atoms with E-state index in [0.717, 1.165) is 64.1 Å². The largest absolute Gasteiger partial charge is 0.489 e. The van der Waals surface area contributed by atoms with E-state index in [0.29, 0.717) is 11.6 Å². The molecule has 0 bridgehead atoms. The van der Waals surface area contributed by atoms with E-state index in [9.17, 15) is 0 Å². The van der Waals surface area contributed by atoms with Gasteiger partial charge in [-0.15, -0.1) is 24.0 Å². The highest BCUT2D eigenvalue weighted by molar-refractivity contribution is 14.0. The second-order valence-corrected chi connectivity index (χ2v) is 7.13. The number of guanidine groups is 1. The molecule has 2 rings (SSSR count). The smallest absolute Gasteiger partial charge is 0.191 e. The summed E-state index contributed by atoms with van der Waals surface area (Å²) in [6.07, 6.45) is 2.30. The Hall–Kier alpha value is -0.770. The molecule has 2 N–H and O–H groups in total. The summed E-state index contributed by atoms with van der Waals surface area (Å²) < 4.78 is 11.3. The van der Waals surface area contributed by atoms with Crippen molar-refractivity contribution in [3.05, 3.63) is 29.3 Å². The van der Waals surface area contributed by atoms with Crippen molar-refractivity contribution in [2.24, 2.45) is 4.99 Å². The van der Waals surface area contributed by atoms with E-state index in [1.165, 1.54) is 6.42 Å². The first-order valence-electron chi connectivity index (χ1n) is 9.92. The topological polar surface area (TPSA) is 58.1 Å². The highest BCUT2D eigenvalue weighted by atomic mass is 127. The number of hydrogen-bond acceptors (Lipinski definition) is 4. The number of ether oxygens (including phenoxy) is 2. The lowest BCUT2D eigenvalue weighted by atomic mass is 10.3. The van der Waals surface area contributed by atoms with Crippen molar-refractivity contribution < 1.29 is 9.47 Å². The number of nitrogens with one attached hydrogen (secondary N) is 2. The zero-order chi connectivity index (χ0) is 19.3. The molecule has 28 heavy (non-hydrogen) atoms. The standard InChI is InChI=1S/C20H33ClN4O2.HI/c1-3-22-20(23-10-4-5-11-25-12-14-26-15-13-25)24-16-17(2)27-19-8-6-18(21)7-9-19;/h6-9,17H,3-5,10-16H2,1-2H3,(H2,22,23,24);1H. The first-order valence-corrected chi connectivity index (χ1v) is 10.3. The van der Waals surface area contributed by atoms with Gasteiger partial charge in [-0.3, -0.25) is 4.90 Å². The van der Waals surface area contributed by atoms with E-state index in [1.54, 1.807) is 0 Å². The molecule has 0 amide bonds. The molecule has 0 aliphatic carbocycles. The third-order valence-electron chi connectivity index (χ3n) is 4.30. The van der Waals surface area contributed by atoms with Gasteiger partial charge in [-0.1, -0.05) is 11.6 Å². The van der Waals surface area contributed by atoms with Crippen LogP contribution in [0.15, 0.2) is 29.3 Å². The summed E-state index contributed by atoms with van der Waals surface area (Å²) in [5.41, 5.74) is 0. The molecule has 0 aromatic heterocycles. The average Bonchev–Trinajstić information content (AvgIpc) is 2.68. The third-order valence-corrected chi connectivity index (χ3v) is 4.55. The predicted molar refractivity (Wildman–Crippen MR) is 127 cm³/mol. The van der Waals surface area contributed by atoms with Gasteiger partial charge in [0.1, 0.15) is 11.9 Å². The predicted octanol–water partition coefficient (Wildman–Crippen LogP) is 3.39. The van der Waals surface area contributed by atoms with Crippen LogP contribution in [0.25, 0.3) is 0 Å². The van der Waals surface area contributed by atoms with E-state index < -0.39 is 0 Å². The van der Waals surface area contributed by atoms with Crippen LogP contribution in [-0.4, -0.2) is 69.4 Å². The van der Waals surface area contributed by atoms with Crippen molar-refractivity contribution in [3.63, 3.8) is 0 Å². The maximum Gasteiger partial charge on any atom is 0.191 e. The maximum absolute atomic E-state index is 5.90. The average molecular weight is 525 g/mol. The van der Waals surface area contributed by atoms with Gasteiger partial charge in [0, 0.05) is 31.2 Å². The molecule has 6 nitrogen and oxygen atoms in total. The minimum absolute atomic E-state index is 0. The molecular weight excluding hydrogens is 491 g/mol. The molecule has 1 fully saturated rings. The zero-order valence-electron chi connectivity index (χ0n) is 17.0. The van der Waals surface area contributed by atoms with Crippen LogP contribution in [0.3, 0.4) is 0 Å². The van der Waals surface area contributed by atoms with Gasteiger partial charge in [0.2, 0.25) is 0 Å². The number of aliphatic imine (C=N–C) groups is 1. The monoisotopic (exact) mass is 524 g/mol. The van der Waals surface area contributed by atoms with E-state index in [2.05, 4.69) is 27.4 Å². The number of rotatable bonds is 10. The van der Waals surface area contributed by atoms with Crippen LogP contribution in [0, 0.1) is 0 Å². The SMILES string of the molecule is CCNC(=NCC(C)Oc1ccc(Cl)cc1)NCCCCN1CCOCC1.I. The Morgan fingerprint density at radius 2 is 1.93 bits per heavy atom. The Morgan fingerprint density at radius 1 is 1.21 bits per heavy atom. The van der Waals surface area contributed by atoms with Gasteiger partial charge in [0.25, 0.3) is 0 Å². The van der Waals surface area contributed by atoms with Gasteiger partial charge in [0.05, 0.1) is 19.8 Å². The summed E-state index contributed by atoms with van der Waals surface area (Å²) in [5.74, 6) is 1.65. The Bertz CT molecular complexity index is 554. The first kappa shape index (κ1) is 25.3. The van der Waals surface area contributed by atoms with Crippen LogP contribution < -0.4 is 15.4 Å². The summed E-state index contributed by atoms with van der Waals surface area (Å²) in [5, 5.41) is 7.40. The Kier molecular flexibility index (Phi) is 13.6. The molecule has 1 heterocycles. The number of unbranched alkanes of at least 4 members (excludes halogenated alkanes) is 1. The molecule has 1 aliphatic heterocycles. The molecule has 1 atom stereocenters. The summed E-state index contributed by atoms with van der Waals surface area (Å²) in [7, 11) is 0. The van der Waals surface area contributed by atoms with Crippen LogP contribution >= 0.6 is 35.6 Å². The minimum Gasteiger partial charge on any atom is -0.489 e. The second kappa shape index (κ2) is 15.1. The van der Waals surface area contributed by atoms with Gasteiger partial charge in [-0.05, 0) is 57.5 Å². The quantitative estimate of drug-likeness (QED) is 0.213. The van der Waals surface area contributed by atoms with Gasteiger partial charge >= 0.3 is 0 Å². The van der Waals surface area contributed by atoms with Crippen molar-refractivity contribution in [2.45, 2.75) is 32.8 Å². The van der Waals surface area contributed by atoms with Gasteiger partial charge in [-0.25, -0.2) is 4.99 Å². The number of hydrogen-bond donors (Lipinski definition) is 2. The summed E-state index contributed by atoms with van der Waals surface area (Å²) in [6.45, 7) is 11.4. The fourth-order valence-electron chi connectivity index (χ4n) is 2.84. The molecule has 1 saturated heterocycles. The van der Waals surface area contributed by atoms with Gasteiger partial charge < -0.3 is 20.1 Å². The molecule has 0 spiro atoms. The normalized spacial score (nSPS) is 16.2. The fraction of sp³-hybridized carbons (Fsp3) is 0.650. The maximum atomic E-state index is 5.90. The Labute approximate surface area is 191 Å². The summed E-state index contributed by atoms with van der Waals surface area (Å²) in [6, 6.07) is 7.41. The minimum atomic E-state index is -0.0112. The van der Waals surface area contributed by atoms with Crippen molar-refractivity contribution in [3.8, 4) is 5.75 Å². The Morgan fingerprint density at radius 3 is 2.61 bits per heavy atom. The molecule has 160 valence electrons. The third kappa shape index (κ3) is 10.7. The van der Waals surface area contributed by atoms with Gasteiger partial charge in [-0.2, -0.15) is 0 Å².